The van der Waals surface area contributed by atoms with Gasteiger partial charge in [-0.2, -0.15) is 0 Å². The van der Waals surface area contributed by atoms with Gasteiger partial charge in [-0.25, -0.2) is 4.39 Å². The SMILES string of the molecule is OC(CCN1CCc2ccccc2C1)c1ccccc1F. The third-order valence-electron chi connectivity index (χ3n) is 4.19. The molecule has 3 heteroatoms. The molecule has 2 nitrogen and oxygen atoms in total. The van der Waals surface area contributed by atoms with E-state index < -0.39 is 6.10 Å². The molecule has 1 N–H and O–H groups in total. The Balaban J connectivity index is 1.58. The average molecular weight is 285 g/mol. The Morgan fingerprint density at radius 3 is 2.57 bits per heavy atom. The van der Waals surface area contributed by atoms with Crippen LogP contribution in [0.15, 0.2) is 48.5 Å². The van der Waals surface area contributed by atoms with E-state index in [2.05, 4.69) is 29.2 Å². The summed E-state index contributed by atoms with van der Waals surface area (Å²) in [6.07, 6.45) is 0.873. The van der Waals surface area contributed by atoms with E-state index in [1.165, 1.54) is 17.2 Å². The first-order valence-corrected chi connectivity index (χ1v) is 7.45. The van der Waals surface area contributed by atoms with E-state index in [0.717, 1.165) is 26.1 Å². The Morgan fingerprint density at radius 1 is 1.05 bits per heavy atom. The van der Waals surface area contributed by atoms with Crippen LogP contribution in [-0.2, 0) is 13.0 Å². The number of fused-ring (bicyclic) bond motifs is 1. The molecule has 2 aromatic rings. The predicted molar refractivity (Wildman–Crippen MR) is 81.4 cm³/mol. The van der Waals surface area contributed by atoms with Gasteiger partial charge in [0.05, 0.1) is 6.10 Å². The molecule has 1 aliphatic rings. The van der Waals surface area contributed by atoms with E-state index in [1.54, 1.807) is 18.2 Å². The van der Waals surface area contributed by atoms with Gasteiger partial charge in [0, 0.05) is 25.2 Å². The van der Waals surface area contributed by atoms with Crippen LogP contribution in [-0.4, -0.2) is 23.1 Å². The van der Waals surface area contributed by atoms with Gasteiger partial charge < -0.3 is 5.11 Å². The first-order valence-electron chi connectivity index (χ1n) is 7.45. The van der Waals surface area contributed by atoms with Crippen molar-refractivity contribution in [2.24, 2.45) is 0 Å². The van der Waals surface area contributed by atoms with E-state index in [0.29, 0.717) is 12.0 Å². The quantitative estimate of drug-likeness (QED) is 0.931. The first-order chi connectivity index (χ1) is 10.2. The maximum atomic E-state index is 13.6. The highest BCUT2D eigenvalue weighted by Crippen LogP contribution is 2.23. The van der Waals surface area contributed by atoms with Crippen molar-refractivity contribution in [3.63, 3.8) is 0 Å². The number of aliphatic hydroxyl groups excluding tert-OH is 1. The van der Waals surface area contributed by atoms with Crippen LogP contribution in [0.4, 0.5) is 4.39 Å². The van der Waals surface area contributed by atoms with Crippen LogP contribution in [0.1, 0.15) is 29.2 Å². The number of nitrogens with zero attached hydrogens (tertiary/aromatic N) is 1. The fourth-order valence-corrected chi connectivity index (χ4v) is 2.95. The monoisotopic (exact) mass is 285 g/mol. The second kappa shape index (κ2) is 6.37. The topological polar surface area (TPSA) is 23.5 Å². The molecule has 110 valence electrons. The number of hydrogen-bond donors (Lipinski definition) is 1. The van der Waals surface area contributed by atoms with Crippen molar-refractivity contribution in [3.05, 3.63) is 71.0 Å². The Morgan fingerprint density at radius 2 is 1.76 bits per heavy atom. The molecule has 1 atom stereocenters. The van der Waals surface area contributed by atoms with Crippen molar-refractivity contribution in [2.45, 2.75) is 25.5 Å². The summed E-state index contributed by atoms with van der Waals surface area (Å²) in [4.78, 5) is 2.33. The highest BCUT2D eigenvalue weighted by molar-refractivity contribution is 5.29. The van der Waals surface area contributed by atoms with Crippen LogP contribution < -0.4 is 0 Å². The lowest BCUT2D eigenvalue weighted by Crippen LogP contribution is -2.32. The second-order valence-corrected chi connectivity index (χ2v) is 5.62. The molecule has 0 radical (unpaired) electrons. The van der Waals surface area contributed by atoms with Gasteiger partial charge in [-0.3, -0.25) is 4.90 Å². The van der Waals surface area contributed by atoms with E-state index in [4.69, 9.17) is 0 Å². The summed E-state index contributed by atoms with van der Waals surface area (Å²) in [5.74, 6) is -0.325. The predicted octanol–water partition coefficient (Wildman–Crippen LogP) is 3.31. The summed E-state index contributed by atoms with van der Waals surface area (Å²) >= 11 is 0. The van der Waals surface area contributed by atoms with E-state index in [9.17, 15) is 9.50 Å². The molecule has 1 heterocycles. The Kier molecular flexibility index (Phi) is 4.32. The Labute approximate surface area is 124 Å². The molecule has 1 aliphatic heterocycles. The highest BCUT2D eigenvalue weighted by Gasteiger charge is 2.18. The van der Waals surface area contributed by atoms with Crippen molar-refractivity contribution in [2.75, 3.05) is 13.1 Å². The van der Waals surface area contributed by atoms with E-state index >= 15 is 0 Å². The van der Waals surface area contributed by atoms with Gasteiger partial charge >= 0.3 is 0 Å². The van der Waals surface area contributed by atoms with Crippen LogP contribution >= 0.6 is 0 Å². The number of hydrogen-bond acceptors (Lipinski definition) is 2. The summed E-state index contributed by atoms with van der Waals surface area (Å²) in [5.41, 5.74) is 3.18. The van der Waals surface area contributed by atoms with Gasteiger partial charge in [0.2, 0.25) is 0 Å². The van der Waals surface area contributed by atoms with E-state index in [-0.39, 0.29) is 5.82 Å². The van der Waals surface area contributed by atoms with Crippen molar-refractivity contribution >= 4 is 0 Å². The molecule has 2 aromatic carbocycles. The van der Waals surface area contributed by atoms with Crippen LogP contribution in [0.2, 0.25) is 0 Å². The van der Waals surface area contributed by atoms with Crippen molar-refractivity contribution in [1.29, 1.82) is 0 Å². The molecule has 21 heavy (non-hydrogen) atoms. The van der Waals surface area contributed by atoms with Crippen LogP contribution in [0.3, 0.4) is 0 Å². The first kappa shape index (κ1) is 14.2. The third kappa shape index (κ3) is 3.31. The lowest BCUT2D eigenvalue weighted by molar-refractivity contribution is 0.134. The minimum Gasteiger partial charge on any atom is -0.388 e. The maximum Gasteiger partial charge on any atom is 0.128 e. The largest absolute Gasteiger partial charge is 0.388 e. The minimum absolute atomic E-state index is 0.325. The van der Waals surface area contributed by atoms with Crippen molar-refractivity contribution in [3.8, 4) is 0 Å². The maximum absolute atomic E-state index is 13.6. The lowest BCUT2D eigenvalue weighted by Gasteiger charge is -2.29. The zero-order chi connectivity index (χ0) is 14.7. The lowest BCUT2D eigenvalue weighted by atomic mass is 9.99. The summed E-state index contributed by atoms with van der Waals surface area (Å²) in [6.45, 7) is 2.70. The molecular formula is C18H20FNO. The fraction of sp³-hybridized carbons (Fsp3) is 0.333. The molecular weight excluding hydrogens is 265 g/mol. The fourth-order valence-electron chi connectivity index (χ4n) is 2.95. The molecule has 0 aromatic heterocycles. The van der Waals surface area contributed by atoms with Gasteiger partial charge in [-0.05, 0) is 30.0 Å². The van der Waals surface area contributed by atoms with Crippen molar-refractivity contribution < 1.29 is 9.50 Å². The summed E-state index contributed by atoms with van der Waals surface area (Å²) in [6, 6.07) is 15.0. The number of halogens is 1. The highest BCUT2D eigenvalue weighted by atomic mass is 19.1. The Bertz CT molecular complexity index is 614. The standard InChI is InChI=1S/C18H20FNO/c19-17-8-4-3-7-16(17)18(21)10-12-20-11-9-14-5-1-2-6-15(14)13-20/h1-8,18,21H,9-13H2. The smallest absolute Gasteiger partial charge is 0.128 e. The molecule has 0 spiro atoms. The van der Waals surface area contributed by atoms with Crippen molar-refractivity contribution in [1.82, 2.24) is 4.90 Å². The molecule has 0 saturated carbocycles. The van der Waals surface area contributed by atoms with Gasteiger partial charge in [0.1, 0.15) is 5.82 Å². The Hall–Kier alpha value is -1.71. The van der Waals surface area contributed by atoms with Gasteiger partial charge in [0.25, 0.3) is 0 Å². The number of benzene rings is 2. The molecule has 0 bridgehead atoms. The van der Waals surface area contributed by atoms with Gasteiger partial charge in [0.15, 0.2) is 0 Å². The second-order valence-electron chi connectivity index (χ2n) is 5.62. The molecule has 0 saturated heterocycles. The average Bonchev–Trinajstić information content (AvgIpc) is 2.53. The molecule has 1 unspecified atom stereocenters. The third-order valence-corrected chi connectivity index (χ3v) is 4.19. The number of rotatable bonds is 4. The zero-order valence-electron chi connectivity index (χ0n) is 12.0. The minimum atomic E-state index is -0.733. The normalized spacial score (nSPS) is 16.5. The van der Waals surface area contributed by atoms with Gasteiger partial charge in [-0.1, -0.05) is 42.5 Å². The van der Waals surface area contributed by atoms with Gasteiger partial charge in [-0.15, -0.1) is 0 Å². The molecule has 3 rings (SSSR count). The van der Waals surface area contributed by atoms with Crippen LogP contribution in [0.5, 0.6) is 0 Å². The number of aliphatic hydroxyl groups is 1. The summed E-state index contributed by atoms with van der Waals surface area (Å²) in [7, 11) is 0. The molecule has 0 fully saturated rings. The van der Waals surface area contributed by atoms with Crippen LogP contribution in [0.25, 0.3) is 0 Å². The zero-order valence-corrected chi connectivity index (χ0v) is 12.0. The van der Waals surface area contributed by atoms with Crippen LogP contribution in [0, 0.1) is 5.82 Å². The molecule has 0 amide bonds. The van der Waals surface area contributed by atoms with E-state index in [1.807, 2.05) is 0 Å². The summed E-state index contributed by atoms with van der Waals surface area (Å²) in [5, 5.41) is 10.2. The summed E-state index contributed by atoms with van der Waals surface area (Å²) < 4.78 is 13.6. The molecule has 0 aliphatic carbocycles.